The summed E-state index contributed by atoms with van der Waals surface area (Å²) in [6, 6.07) is 7.51. The van der Waals surface area contributed by atoms with E-state index in [0.29, 0.717) is 25.1 Å². The van der Waals surface area contributed by atoms with Crippen LogP contribution >= 0.6 is 0 Å². The Bertz CT molecular complexity index is 766. The molecule has 152 valence electrons. The van der Waals surface area contributed by atoms with Gasteiger partial charge in [-0.15, -0.1) is 0 Å². The third kappa shape index (κ3) is 3.91. The standard InChI is InChI=1S/C22H30N2O4/c1-21(2,3)16-8-6-15(7-9-16)19(26)23-12-10-18(25)24-13-17-5-4-11-22(17,14-24)20(27)28/h6-9,17H,4-5,10-14H2,1-3H3,(H,23,26)(H,27,28)/t17-,22+/m0/s1. The molecule has 1 aliphatic carbocycles. The van der Waals surface area contributed by atoms with Crippen LogP contribution in [0.1, 0.15) is 62.4 Å². The molecule has 0 aromatic heterocycles. The second-order valence-electron chi connectivity index (χ2n) is 9.16. The molecule has 1 heterocycles. The van der Waals surface area contributed by atoms with Gasteiger partial charge in [0, 0.05) is 31.6 Å². The number of benzene rings is 1. The van der Waals surface area contributed by atoms with E-state index in [1.54, 1.807) is 17.0 Å². The number of hydrogen-bond acceptors (Lipinski definition) is 3. The molecule has 2 amide bonds. The van der Waals surface area contributed by atoms with Crippen LogP contribution in [0, 0.1) is 11.3 Å². The van der Waals surface area contributed by atoms with Gasteiger partial charge in [0.2, 0.25) is 5.91 Å². The number of rotatable bonds is 5. The van der Waals surface area contributed by atoms with Crippen molar-refractivity contribution < 1.29 is 19.5 Å². The van der Waals surface area contributed by atoms with E-state index in [-0.39, 0.29) is 36.1 Å². The van der Waals surface area contributed by atoms with Crippen molar-refractivity contribution in [2.24, 2.45) is 11.3 Å². The van der Waals surface area contributed by atoms with Crippen molar-refractivity contribution in [3.63, 3.8) is 0 Å². The maximum atomic E-state index is 12.5. The summed E-state index contributed by atoms with van der Waals surface area (Å²) in [6.45, 7) is 7.43. The van der Waals surface area contributed by atoms with E-state index < -0.39 is 11.4 Å². The van der Waals surface area contributed by atoms with Gasteiger partial charge in [0.15, 0.2) is 0 Å². The molecule has 2 aliphatic rings. The van der Waals surface area contributed by atoms with Crippen molar-refractivity contribution in [3.05, 3.63) is 35.4 Å². The fourth-order valence-electron chi connectivity index (χ4n) is 4.49. The highest BCUT2D eigenvalue weighted by Crippen LogP contribution is 2.48. The molecule has 6 heteroatoms. The van der Waals surface area contributed by atoms with Gasteiger partial charge in [-0.05, 0) is 41.9 Å². The van der Waals surface area contributed by atoms with Gasteiger partial charge in [-0.1, -0.05) is 39.3 Å². The van der Waals surface area contributed by atoms with Gasteiger partial charge in [-0.3, -0.25) is 14.4 Å². The minimum Gasteiger partial charge on any atom is -0.481 e. The SMILES string of the molecule is CC(C)(C)c1ccc(C(=O)NCCC(=O)N2C[C@@H]3CCC[C@@]3(C(=O)O)C2)cc1. The van der Waals surface area contributed by atoms with Crippen LogP contribution in [0.4, 0.5) is 0 Å². The van der Waals surface area contributed by atoms with Gasteiger partial charge >= 0.3 is 5.97 Å². The Morgan fingerprint density at radius 3 is 2.46 bits per heavy atom. The van der Waals surface area contributed by atoms with Gasteiger partial charge in [0.25, 0.3) is 5.91 Å². The fourth-order valence-corrected chi connectivity index (χ4v) is 4.49. The molecular formula is C22H30N2O4. The maximum absolute atomic E-state index is 12.5. The molecule has 6 nitrogen and oxygen atoms in total. The summed E-state index contributed by atoms with van der Waals surface area (Å²) in [7, 11) is 0. The largest absolute Gasteiger partial charge is 0.481 e. The molecule has 1 saturated heterocycles. The van der Waals surface area contributed by atoms with Gasteiger partial charge < -0.3 is 15.3 Å². The van der Waals surface area contributed by atoms with Crippen LogP contribution < -0.4 is 5.32 Å². The molecule has 2 atom stereocenters. The Balaban J connectivity index is 1.49. The first-order valence-corrected chi connectivity index (χ1v) is 10.0. The number of aliphatic carboxylic acids is 1. The van der Waals surface area contributed by atoms with E-state index >= 15 is 0 Å². The molecule has 1 aromatic rings. The molecule has 3 rings (SSSR count). The molecule has 2 fully saturated rings. The van der Waals surface area contributed by atoms with E-state index in [0.717, 1.165) is 18.4 Å². The summed E-state index contributed by atoms with van der Waals surface area (Å²) in [5, 5.41) is 12.4. The zero-order valence-electron chi connectivity index (χ0n) is 17.0. The van der Waals surface area contributed by atoms with Crippen LogP contribution in [-0.2, 0) is 15.0 Å². The van der Waals surface area contributed by atoms with Crippen molar-refractivity contribution in [3.8, 4) is 0 Å². The molecule has 0 spiro atoms. The predicted octanol–water partition coefficient (Wildman–Crippen LogP) is 2.82. The number of carboxylic acids is 1. The average Bonchev–Trinajstić information content (AvgIpc) is 3.19. The predicted molar refractivity (Wildman–Crippen MR) is 106 cm³/mol. The van der Waals surface area contributed by atoms with E-state index in [1.807, 2.05) is 12.1 Å². The first-order chi connectivity index (χ1) is 13.1. The van der Waals surface area contributed by atoms with Crippen LogP contribution in [0.15, 0.2) is 24.3 Å². The summed E-state index contributed by atoms with van der Waals surface area (Å²) in [4.78, 5) is 38.2. The third-order valence-electron chi connectivity index (χ3n) is 6.29. The second kappa shape index (κ2) is 7.57. The molecule has 0 radical (unpaired) electrons. The van der Waals surface area contributed by atoms with E-state index in [4.69, 9.17) is 0 Å². The smallest absolute Gasteiger partial charge is 0.311 e. The lowest BCUT2D eigenvalue weighted by Crippen LogP contribution is -2.38. The second-order valence-corrected chi connectivity index (χ2v) is 9.16. The quantitative estimate of drug-likeness (QED) is 0.815. The fraction of sp³-hybridized carbons (Fsp3) is 0.591. The van der Waals surface area contributed by atoms with Crippen molar-refractivity contribution in [1.82, 2.24) is 10.2 Å². The van der Waals surface area contributed by atoms with E-state index in [2.05, 4.69) is 26.1 Å². The Labute approximate surface area is 166 Å². The molecule has 1 saturated carbocycles. The minimum atomic E-state index is -0.780. The average molecular weight is 386 g/mol. The lowest BCUT2D eigenvalue weighted by atomic mass is 9.81. The highest BCUT2D eigenvalue weighted by atomic mass is 16.4. The molecule has 28 heavy (non-hydrogen) atoms. The minimum absolute atomic E-state index is 0.0305. The Kier molecular flexibility index (Phi) is 5.50. The number of carbonyl (C=O) groups excluding carboxylic acids is 2. The monoisotopic (exact) mass is 386 g/mol. The normalized spacial score (nSPS) is 24.1. The first kappa shape index (κ1) is 20.4. The Morgan fingerprint density at radius 2 is 1.89 bits per heavy atom. The van der Waals surface area contributed by atoms with Crippen molar-refractivity contribution >= 4 is 17.8 Å². The van der Waals surface area contributed by atoms with Gasteiger partial charge in [-0.25, -0.2) is 0 Å². The lowest BCUT2D eigenvalue weighted by molar-refractivity contribution is -0.149. The zero-order valence-corrected chi connectivity index (χ0v) is 17.0. The van der Waals surface area contributed by atoms with Crippen LogP contribution in [-0.4, -0.2) is 47.4 Å². The van der Waals surface area contributed by atoms with Crippen LogP contribution in [0.25, 0.3) is 0 Å². The zero-order chi connectivity index (χ0) is 20.5. The summed E-state index contributed by atoms with van der Waals surface area (Å²) in [5.41, 5.74) is 1.00. The maximum Gasteiger partial charge on any atom is 0.311 e. The van der Waals surface area contributed by atoms with Crippen LogP contribution in [0.5, 0.6) is 0 Å². The van der Waals surface area contributed by atoms with Crippen molar-refractivity contribution in [2.75, 3.05) is 19.6 Å². The number of hydrogen-bond donors (Lipinski definition) is 2. The lowest BCUT2D eigenvalue weighted by Gasteiger charge is -2.23. The van der Waals surface area contributed by atoms with Crippen LogP contribution in [0.2, 0.25) is 0 Å². The van der Waals surface area contributed by atoms with Gasteiger partial charge in [-0.2, -0.15) is 0 Å². The highest BCUT2D eigenvalue weighted by molar-refractivity contribution is 5.94. The van der Waals surface area contributed by atoms with E-state index in [9.17, 15) is 19.5 Å². The summed E-state index contributed by atoms with van der Waals surface area (Å²) in [5.74, 6) is -1.01. The van der Waals surface area contributed by atoms with Gasteiger partial charge in [0.05, 0.1) is 5.41 Å². The molecule has 2 N–H and O–H groups in total. The van der Waals surface area contributed by atoms with Crippen molar-refractivity contribution in [1.29, 1.82) is 0 Å². The molecule has 0 unspecified atom stereocenters. The number of carbonyl (C=O) groups is 3. The summed E-state index contributed by atoms with van der Waals surface area (Å²) in [6.07, 6.45) is 2.63. The molecule has 1 aromatic carbocycles. The third-order valence-corrected chi connectivity index (χ3v) is 6.29. The number of carboxylic acid groups (broad SMARTS) is 1. The topological polar surface area (TPSA) is 86.7 Å². The molecular weight excluding hydrogens is 356 g/mol. The number of nitrogens with zero attached hydrogens (tertiary/aromatic N) is 1. The number of nitrogens with one attached hydrogen (secondary N) is 1. The van der Waals surface area contributed by atoms with E-state index in [1.165, 1.54) is 0 Å². The Morgan fingerprint density at radius 1 is 1.21 bits per heavy atom. The molecule has 1 aliphatic heterocycles. The van der Waals surface area contributed by atoms with Crippen LogP contribution in [0.3, 0.4) is 0 Å². The Hall–Kier alpha value is -2.37. The molecule has 0 bridgehead atoms. The number of amides is 2. The number of likely N-dealkylation sites (tertiary alicyclic amines) is 1. The first-order valence-electron chi connectivity index (χ1n) is 10.0. The summed E-state index contributed by atoms with van der Waals surface area (Å²) >= 11 is 0. The highest BCUT2D eigenvalue weighted by Gasteiger charge is 2.55. The van der Waals surface area contributed by atoms with Crippen molar-refractivity contribution in [2.45, 2.75) is 51.9 Å². The van der Waals surface area contributed by atoms with Gasteiger partial charge in [0.1, 0.15) is 0 Å². The summed E-state index contributed by atoms with van der Waals surface area (Å²) < 4.78 is 0. The number of fused-ring (bicyclic) bond motifs is 1.